The van der Waals surface area contributed by atoms with Crippen LogP contribution in [0.4, 0.5) is 0 Å². The van der Waals surface area contributed by atoms with Crippen LogP contribution in [-0.4, -0.2) is 10.1 Å². The number of rotatable bonds is 2. The molecule has 5 heteroatoms. The first-order valence-electron chi connectivity index (χ1n) is 1.88. The van der Waals surface area contributed by atoms with Crippen molar-refractivity contribution in [2.75, 3.05) is 0 Å². The molecule has 52 valence electrons. The van der Waals surface area contributed by atoms with Crippen LogP contribution in [-0.2, 0) is 4.79 Å². The first kappa shape index (κ1) is 9.57. The van der Waals surface area contributed by atoms with Crippen LogP contribution < -0.4 is 0 Å². The highest BCUT2D eigenvalue weighted by Gasteiger charge is 2.04. The SMILES string of the molecule is O=C(Cl)/C=C(\Cl)C(Cl)Cl. The minimum Gasteiger partial charge on any atom is -0.276 e. The first-order chi connectivity index (χ1) is 4.04. The average molecular weight is 208 g/mol. The summed E-state index contributed by atoms with van der Waals surface area (Å²) in [4.78, 5) is 9.17. The van der Waals surface area contributed by atoms with Crippen molar-refractivity contribution < 1.29 is 4.79 Å². The Labute approximate surface area is 72.5 Å². The van der Waals surface area contributed by atoms with Crippen molar-refractivity contribution in [1.29, 1.82) is 0 Å². The van der Waals surface area contributed by atoms with Crippen molar-refractivity contribution in [3.8, 4) is 0 Å². The van der Waals surface area contributed by atoms with Gasteiger partial charge in [-0.15, -0.1) is 0 Å². The molecule has 0 rings (SSSR count). The van der Waals surface area contributed by atoms with Gasteiger partial charge in [-0.25, -0.2) is 0 Å². The summed E-state index contributed by atoms with van der Waals surface area (Å²) in [6.45, 7) is 0. The van der Waals surface area contributed by atoms with Crippen molar-refractivity contribution in [1.82, 2.24) is 0 Å². The molecule has 1 nitrogen and oxygen atoms in total. The summed E-state index contributed by atoms with van der Waals surface area (Å²) >= 11 is 20.7. The largest absolute Gasteiger partial charge is 0.276 e. The van der Waals surface area contributed by atoms with Crippen LogP contribution in [0.25, 0.3) is 0 Å². The zero-order valence-corrected chi connectivity index (χ0v) is 7.10. The Morgan fingerprint density at radius 3 is 1.89 bits per heavy atom. The molecule has 0 aliphatic carbocycles. The highest BCUT2D eigenvalue weighted by molar-refractivity contribution is 6.67. The highest BCUT2D eigenvalue weighted by atomic mass is 35.5. The Balaban J connectivity index is 4.00. The normalized spacial score (nSPS) is 12.3. The van der Waals surface area contributed by atoms with E-state index in [-0.39, 0.29) is 5.03 Å². The standard InChI is InChI=1S/C4H2Cl4O/c5-2(4(7)8)1-3(6)9/h1,4H/b2-1-. The fraction of sp³-hybridized carbons (Fsp3) is 0.250. The van der Waals surface area contributed by atoms with Gasteiger partial charge in [0.1, 0.15) is 4.84 Å². The number of hydrogen-bond acceptors (Lipinski definition) is 1. The van der Waals surface area contributed by atoms with E-state index in [0.717, 1.165) is 6.08 Å². The fourth-order valence-electron chi connectivity index (χ4n) is 0.171. The molecule has 0 aliphatic rings. The van der Waals surface area contributed by atoms with E-state index in [0.29, 0.717) is 0 Å². The summed E-state index contributed by atoms with van der Waals surface area (Å²) in [7, 11) is 0. The first-order valence-corrected chi connectivity index (χ1v) is 3.51. The minimum absolute atomic E-state index is 0.0262. The fourth-order valence-corrected chi connectivity index (χ4v) is 0.570. The Hall–Kier alpha value is 0.570. The smallest absolute Gasteiger partial charge is 0.246 e. The number of alkyl halides is 2. The van der Waals surface area contributed by atoms with Crippen LogP contribution in [0.3, 0.4) is 0 Å². The van der Waals surface area contributed by atoms with Crippen molar-refractivity contribution >= 4 is 51.6 Å². The molecule has 0 atom stereocenters. The maximum atomic E-state index is 10.0. The molecule has 0 bridgehead atoms. The molecule has 0 aromatic carbocycles. The van der Waals surface area contributed by atoms with Crippen LogP contribution in [0, 0.1) is 0 Å². The third-order valence-electron chi connectivity index (χ3n) is 0.460. The Morgan fingerprint density at radius 2 is 1.78 bits per heavy atom. The van der Waals surface area contributed by atoms with Gasteiger partial charge in [0.05, 0.1) is 5.03 Å². The van der Waals surface area contributed by atoms with Crippen LogP contribution >= 0.6 is 46.4 Å². The second-order valence-corrected chi connectivity index (χ2v) is 3.04. The molecule has 0 saturated heterocycles. The molecule has 0 saturated carbocycles. The van der Waals surface area contributed by atoms with Gasteiger partial charge in [-0.2, -0.15) is 0 Å². The molecule has 0 spiro atoms. The monoisotopic (exact) mass is 206 g/mol. The molecule has 9 heavy (non-hydrogen) atoms. The lowest BCUT2D eigenvalue weighted by Crippen LogP contribution is -1.88. The minimum atomic E-state index is -0.880. The Bertz CT molecular complexity index is 140. The van der Waals surface area contributed by atoms with E-state index >= 15 is 0 Å². The lowest BCUT2D eigenvalue weighted by atomic mass is 10.5. The van der Waals surface area contributed by atoms with Gasteiger partial charge in [-0.1, -0.05) is 34.8 Å². The Kier molecular flexibility index (Phi) is 4.67. The molecular formula is C4H2Cl4O. The van der Waals surface area contributed by atoms with Crippen molar-refractivity contribution in [2.45, 2.75) is 4.84 Å². The van der Waals surface area contributed by atoms with Gasteiger partial charge >= 0.3 is 0 Å². The van der Waals surface area contributed by atoms with E-state index in [9.17, 15) is 4.79 Å². The molecule has 0 aromatic heterocycles. The van der Waals surface area contributed by atoms with Crippen LogP contribution in [0.2, 0.25) is 0 Å². The number of halogens is 4. The summed E-state index contributed by atoms with van der Waals surface area (Å²) in [5.74, 6) is 0. The maximum Gasteiger partial charge on any atom is 0.246 e. The molecule has 0 aliphatic heterocycles. The summed E-state index contributed by atoms with van der Waals surface area (Å²) in [5, 5.41) is -0.662. The zero-order chi connectivity index (χ0) is 7.44. The molecule has 0 fully saturated rings. The van der Waals surface area contributed by atoms with Crippen LogP contribution in [0.15, 0.2) is 11.1 Å². The van der Waals surface area contributed by atoms with Gasteiger partial charge in [-0.05, 0) is 11.6 Å². The topological polar surface area (TPSA) is 17.1 Å². The van der Waals surface area contributed by atoms with Gasteiger partial charge in [-0.3, -0.25) is 4.79 Å². The number of carbonyl (C=O) groups excluding carboxylic acids is 1. The lowest BCUT2D eigenvalue weighted by molar-refractivity contribution is -0.107. The van der Waals surface area contributed by atoms with E-state index < -0.39 is 10.1 Å². The third-order valence-corrected chi connectivity index (χ3v) is 1.59. The summed E-state index contributed by atoms with van der Waals surface area (Å²) in [5.41, 5.74) is 0. The molecule has 0 heterocycles. The molecule has 0 unspecified atom stereocenters. The highest BCUT2D eigenvalue weighted by Crippen LogP contribution is 2.17. The van der Waals surface area contributed by atoms with Crippen molar-refractivity contribution in [3.05, 3.63) is 11.1 Å². The predicted molar refractivity (Wildman–Crippen MR) is 40.3 cm³/mol. The van der Waals surface area contributed by atoms with E-state index in [1.807, 2.05) is 0 Å². The summed E-state index contributed by atoms with van der Waals surface area (Å²) in [6.07, 6.45) is 0.952. The average Bonchev–Trinajstić information content (AvgIpc) is 1.63. The number of carbonyl (C=O) groups is 1. The molecule has 0 radical (unpaired) electrons. The molecule has 0 amide bonds. The lowest BCUT2D eigenvalue weighted by Gasteiger charge is -1.93. The predicted octanol–water partition coefficient (Wildman–Crippen LogP) is 2.68. The van der Waals surface area contributed by atoms with Crippen LogP contribution in [0.5, 0.6) is 0 Å². The van der Waals surface area contributed by atoms with E-state index in [2.05, 4.69) is 0 Å². The third kappa shape index (κ3) is 5.04. The second-order valence-electron chi connectivity index (χ2n) is 1.13. The van der Waals surface area contributed by atoms with Crippen molar-refractivity contribution in [2.24, 2.45) is 0 Å². The van der Waals surface area contributed by atoms with E-state index in [4.69, 9.17) is 46.4 Å². The van der Waals surface area contributed by atoms with E-state index in [1.54, 1.807) is 0 Å². The molecule has 0 N–H and O–H groups in total. The number of allylic oxidation sites excluding steroid dienone is 2. The number of hydrogen-bond donors (Lipinski definition) is 0. The van der Waals surface area contributed by atoms with Gasteiger partial charge in [0.25, 0.3) is 0 Å². The zero-order valence-electron chi connectivity index (χ0n) is 4.07. The van der Waals surface area contributed by atoms with Gasteiger partial charge in [0, 0.05) is 6.08 Å². The quantitative estimate of drug-likeness (QED) is 0.387. The van der Waals surface area contributed by atoms with Gasteiger partial charge < -0.3 is 0 Å². The second kappa shape index (κ2) is 4.40. The molecular weight excluding hydrogens is 206 g/mol. The van der Waals surface area contributed by atoms with Crippen LogP contribution in [0.1, 0.15) is 0 Å². The van der Waals surface area contributed by atoms with Gasteiger partial charge in [0.2, 0.25) is 5.24 Å². The summed E-state index contributed by atoms with van der Waals surface area (Å²) < 4.78 is 0. The maximum absolute atomic E-state index is 10.0. The Morgan fingerprint density at radius 1 is 1.33 bits per heavy atom. The van der Waals surface area contributed by atoms with Gasteiger partial charge in [0.15, 0.2) is 0 Å². The summed E-state index contributed by atoms with van der Waals surface area (Å²) in [6, 6.07) is 0. The van der Waals surface area contributed by atoms with Crippen molar-refractivity contribution in [3.63, 3.8) is 0 Å². The molecule has 0 aromatic rings. The van der Waals surface area contributed by atoms with E-state index in [1.165, 1.54) is 0 Å².